The molecule has 0 radical (unpaired) electrons. The van der Waals surface area contributed by atoms with Gasteiger partial charge in [0.15, 0.2) is 0 Å². The van der Waals surface area contributed by atoms with Crippen molar-refractivity contribution >= 4 is 0 Å². The molecule has 0 unspecified atom stereocenters. The summed E-state index contributed by atoms with van der Waals surface area (Å²) in [6, 6.07) is 9.67. The van der Waals surface area contributed by atoms with Crippen molar-refractivity contribution in [2.24, 2.45) is 0 Å². The second kappa shape index (κ2) is 8.74. The molecule has 4 aromatic rings. The Balaban J connectivity index is 1.77. The van der Waals surface area contributed by atoms with Crippen molar-refractivity contribution in [2.45, 2.75) is 44.9 Å². The summed E-state index contributed by atoms with van der Waals surface area (Å²) in [6.45, 7) is 5.58. The van der Waals surface area contributed by atoms with Crippen molar-refractivity contribution in [1.82, 2.24) is 23.9 Å². The van der Waals surface area contributed by atoms with E-state index in [1.807, 2.05) is 24.3 Å². The minimum atomic E-state index is -1.93. The lowest BCUT2D eigenvalue weighted by molar-refractivity contribution is -0.0342. The van der Waals surface area contributed by atoms with Gasteiger partial charge in [0.25, 0.3) is 0 Å². The summed E-state index contributed by atoms with van der Waals surface area (Å²) in [4.78, 5) is 17.1. The Morgan fingerprint density at radius 2 is 1.79 bits per heavy atom. The third kappa shape index (κ3) is 4.23. The average molecular weight is 453 g/mol. The molecular weight excluding hydrogens is 428 g/mol. The molecule has 33 heavy (non-hydrogen) atoms. The van der Waals surface area contributed by atoms with Crippen LogP contribution in [0.1, 0.15) is 43.9 Å². The van der Waals surface area contributed by atoms with Crippen LogP contribution in [0.5, 0.6) is 0 Å². The maximum absolute atomic E-state index is 14.8. The molecule has 172 valence electrons. The molecule has 0 saturated heterocycles. The van der Waals surface area contributed by atoms with Gasteiger partial charge in [-0.25, -0.2) is 23.2 Å². The SMILES string of the molecule is CC(C)c1ccc(-n2ccn([C@H](C)[C@](O)(Cn3cncn3)c3ccc(F)cc3F)c2=O)cc1. The predicted molar refractivity (Wildman–Crippen MR) is 119 cm³/mol. The Bertz CT molecular complexity index is 1300. The quantitative estimate of drug-likeness (QED) is 0.462. The number of hydrogen-bond acceptors (Lipinski definition) is 4. The van der Waals surface area contributed by atoms with Gasteiger partial charge in [-0.1, -0.05) is 32.0 Å². The summed E-state index contributed by atoms with van der Waals surface area (Å²) in [6.07, 6.45) is 5.80. The highest BCUT2D eigenvalue weighted by atomic mass is 19.1. The molecule has 0 aliphatic rings. The van der Waals surface area contributed by atoms with E-state index in [9.17, 15) is 18.7 Å². The standard InChI is InChI=1S/C24H25F2N5O2/c1-16(2)18-4-7-20(8-5-18)31-11-10-30(23(31)32)17(3)24(33,13-29-15-27-14-28-29)21-9-6-19(25)12-22(21)26/h4-12,14-17,33H,13H2,1-3H3/t17-,24-/m1/s1. The van der Waals surface area contributed by atoms with Gasteiger partial charge in [0.05, 0.1) is 18.3 Å². The van der Waals surface area contributed by atoms with Gasteiger partial charge in [-0.2, -0.15) is 5.10 Å². The molecule has 0 spiro atoms. The Hall–Kier alpha value is -3.59. The number of benzene rings is 2. The molecule has 0 aliphatic heterocycles. The molecular formula is C24H25F2N5O2. The third-order valence-corrected chi connectivity index (χ3v) is 6.02. The Morgan fingerprint density at radius 3 is 2.39 bits per heavy atom. The Labute approximate surface area is 189 Å². The summed E-state index contributed by atoms with van der Waals surface area (Å²) in [5, 5.41) is 15.7. The molecule has 0 fully saturated rings. The van der Waals surface area contributed by atoms with Crippen molar-refractivity contribution in [3.63, 3.8) is 0 Å². The van der Waals surface area contributed by atoms with Crippen molar-refractivity contribution in [1.29, 1.82) is 0 Å². The van der Waals surface area contributed by atoms with Gasteiger partial charge in [0.2, 0.25) is 0 Å². The number of rotatable bonds is 7. The monoisotopic (exact) mass is 453 g/mol. The molecule has 0 amide bonds. The lowest BCUT2D eigenvalue weighted by Crippen LogP contribution is -2.43. The van der Waals surface area contributed by atoms with Gasteiger partial charge < -0.3 is 5.11 Å². The van der Waals surface area contributed by atoms with Crippen LogP contribution in [0.15, 0.2) is 72.3 Å². The van der Waals surface area contributed by atoms with Crippen molar-refractivity contribution in [3.8, 4) is 5.69 Å². The molecule has 0 bridgehead atoms. The zero-order chi connectivity index (χ0) is 23.8. The maximum Gasteiger partial charge on any atom is 0.333 e. The fourth-order valence-electron chi connectivity index (χ4n) is 3.98. The fraction of sp³-hybridized carbons (Fsp3) is 0.292. The maximum atomic E-state index is 14.8. The zero-order valence-corrected chi connectivity index (χ0v) is 18.6. The van der Waals surface area contributed by atoms with Gasteiger partial charge >= 0.3 is 5.69 Å². The van der Waals surface area contributed by atoms with Crippen LogP contribution >= 0.6 is 0 Å². The first-order valence-electron chi connectivity index (χ1n) is 10.6. The van der Waals surface area contributed by atoms with Gasteiger partial charge in [0.1, 0.15) is 29.9 Å². The first kappa shape index (κ1) is 22.6. The molecule has 2 aromatic heterocycles. The van der Waals surface area contributed by atoms with E-state index < -0.39 is 29.0 Å². The highest BCUT2D eigenvalue weighted by Crippen LogP contribution is 2.36. The first-order chi connectivity index (χ1) is 15.7. The topological polar surface area (TPSA) is 77.9 Å². The van der Waals surface area contributed by atoms with E-state index in [0.29, 0.717) is 17.7 Å². The van der Waals surface area contributed by atoms with Crippen molar-refractivity contribution in [2.75, 3.05) is 0 Å². The van der Waals surface area contributed by atoms with Crippen molar-refractivity contribution < 1.29 is 13.9 Å². The zero-order valence-electron chi connectivity index (χ0n) is 18.6. The Kier molecular flexibility index (Phi) is 5.99. The lowest BCUT2D eigenvalue weighted by Gasteiger charge is -2.35. The van der Waals surface area contributed by atoms with Crippen LogP contribution in [0.25, 0.3) is 5.69 Å². The summed E-state index contributed by atoms with van der Waals surface area (Å²) >= 11 is 0. The molecule has 9 heteroatoms. The van der Waals surface area contributed by atoms with Crippen LogP contribution in [0.3, 0.4) is 0 Å². The van der Waals surface area contributed by atoms with Crippen LogP contribution in [-0.2, 0) is 12.1 Å². The van der Waals surface area contributed by atoms with E-state index in [4.69, 9.17) is 0 Å². The smallest absolute Gasteiger partial charge is 0.333 e. The minimum absolute atomic E-state index is 0.146. The van der Waals surface area contributed by atoms with Gasteiger partial charge in [-0.3, -0.25) is 9.13 Å². The van der Waals surface area contributed by atoms with Gasteiger partial charge in [0, 0.05) is 24.0 Å². The summed E-state index contributed by atoms with van der Waals surface area (Å²) in [5.74, 6) is -1.32. The first-order valence-corrected chi connectivity index (χ1v) is 10.6. The van der Waals surface area contributed by atoms with Crippen molar-refractivity contribution in [3.05, 3.63) is 101 Å². The van der Waals surface area contributed by atoms with Crippen LogP contribution < -0.4 is 5.69 Å². The van der Waals surface area contributed by atoms with Crippen LogP contribution in [0.2, 0.25) is 0 Å². The van der Waals surface area contributed by atoms with Gasteiger partial charge in [-0.05, 0) is 36.6 Å². The largest absolute Gasteiger partial charge is 0.381 e. The van der Waals surface area contributed by atoms with E-state index in [1.54, 1.807) is 13.1 Å². The Morgan fingerprint density at radius 1 is 1.06 bits per heavy atom. The molecule has 1 N–H and O–H groups in total. The number of imidazole rings is 1. The second-order valence-corrected chi connectivity index (χ2v) is 8.42. The molecule has 4 rings (SSSR count). The molecule has 0 saturated carbocycles. The van der Waals surface area contributed by atoms with Crippen LogP contribution in [0.4, 0.5) is 8.78 Å². The highest BCUT2D eigenvalue weighted by molar-refractivity contribution is 5.36. The van der Waals surface area contributed by atoms with Crippen LogP contribution in [0, 0.1) is 11.6 Å². The number of hydrogen-bond donors (Lipinski definition) is 1. The van der Waals surface area contributed by atoms with E-state index in [2.05, 4.69) is 23.9 Å². The van der Waals surface area contributed by atoms with E-state index >= 15 is 0 Å². The summed E-state index contributed by atoms with van der Waals surface area (Å²) < 4.78 is 32.5. The number of aromatic nitrogens is 5. The summed E-state index contributed by atoms with van der Waals surface area (Å²) in [7, 11) is 0. The third-order valence-electron chi connectivity index (χ3n) is 6.02. The summed E-state index contributed by atoms with van der Waals surface area (Å²) in [5.41, 5.74) is -0.660. The normalized spacial score (nSPS) is 14.4. The second-order valence-electron chi connectivity index (χ2n) is 8.42. The lowest BCUT2D eigenvalue weighted by atomic mass is 9.86. The fourth-order valence-corrected chi connectivity index (χ4v) is 3.98. The molecule has 7 nitrogen and oxygen atoms in total. The van der Waals surface area contributed by atoms with E-state index in [-0.39, 0.29) is 12.1 Å². The molecule has 2 heterocycles. The average Bonchev–Trinajstić information content (AvgIpc) is 3.42. The van der Waals surface area contributed by atoms with E-state index in [1.165, 1.54) is 38.7 Å². The molecule has 0 aliphatic carbocycles. The predicted octanol–water partition coefficient (Wildman–Crippen LogP) is 3.78. The minimum Gasteiger partial charge on any atom is -0.381 e. The van der Waals surface area contributed by atoms with Gasteiger partial charge in [-0.15, -0.1) is 0 Å². The molecule has 2 aromatic carbocycles. The van der Waals surface area contributed by atoms with E-state index in [0.717, 1.165) is 11.6 Å². The molecule has 2 atom stereocenters. The number of halogens is 2. The number of aliphatic hydroxyl groups is 1. The number of nitrogens with zero attached hydrogens (tertiary/aromatic N) is 5. The van der Waals surface area contributed by atoms with Crippen LogP contribution in [-0.4, -0.2) is 29.0 Å². The highest BCUT2D eigenvalue weighted by Gasteiger charge is 2.41.